The number of allylic oxidation sites excluding steroid dienone is 3. The van der Waals surface area contributed by atoms with Gasteiger partial charge in [-0.2, -0.15) is 0 Å². The fourth-order valence-electron chi connectivity index (χ4n) is 8.60. The molecule has 2 bridgehead atoms. The number of thioether (sulfide) groups is 1. The number of aromatic hydroxyl groups is 1. The zero-order chi connectivity index (χ0) is 46.5. The highest BCUT2D eigenvalue weighted by Crippen LogP contribution is 2.47. The number of H-pyrrole nitrogens is 1. The molecule has 2 aliphatic heterocycles. The third-order valence-corrected chi connectivity index (χ3v) is 16.8. The van der Waals surface area contributed by atoms with Crippen LogP contribution >= 0.6 is 43.2 Å². The summed E-state index contributed by atoms with van der Waals surface area (Å²) in [6.07, 6.45) is -0.241. The van der Waals surface area contributed by atoms with E-state index in [1.807, 2.05) is 13.2 Å². The van der Waals surface area contributed by atoms with Gasteiger partial charge >= 0.3 is 6.09 Å². The average molecular weight is 967 g/mol. The predicted octanol–water partition coefficient (Wildman–Crippen LogP) is 4.80. The van der Waals surface area contributed by atoms with Crippen LogP contribution < -0.4 is 10.6 Å². The first kappa shape index (κ1) is 48.9. The van der Waals surface area contributed by atoms with E-state index >= 15 is 4.79 Å². The van der Waals surface area contributed by atoms with Gasteiger partial charge in [-0.15, -0.1) is 11.8 Å². The molecule has 4 heterocycles. The largest absolute Gasteiger partial charge is 0.508 e. The first-order chi connectivity index (χ1) is 31.3. The van der Waals surface area contributed by atoms with E-state index in [0.29, 0.717) is 34.1 Å². The number of phenolic OH excluding ortho intramolecular Hbond substituents is 1. The third kappa shape index (κ3) is 9.87. The van der Waals surface area contributed by atoms with E-state index < -0.39 is 71.4 Å². The Morgan fingerprint density at radius 1 is 1.14 bits per heavy atom. The number of benzene rings is 1. The summed E-state index contributed by atoms with van der Waals surface area (Å²) in [7, 11) is 7.23. The number of nitrogens with one attached hydrogen (secondary N) is 3. The van der Waals surface area contributed by atoms with E-state index in [1.165, 1.54) is 55.8 Å². The summed E-state index contributed by atoms with van der Waals surface area (Å²) >= 11 is 1.06. The van der Waals surface area contributed by atoms with Crippen LogP contribution in [0.2, 0.25) is 0 Å². The van der Waals surface area contributed by atoms with Crippen molar-refractivity contribution >= 4 is 82.6 Å². The van der Waals surface area contributed by atoms with E-state index in [4.69, 9.17) is 28.4 Å². The molecule has 10 unspecified atom stereocenters. The van der Waals surface area contributed by atoms with Gasteiger partial charge in [0, 0.05) is 52.9 Å². The number of amides is 1. The molecule has 0 spiro atoms. The maximum absolute atomic E-state index is 15.3. The van der Waals surface area contributed by atoms with E-state index in [0.717, 1.165) is 18.9 Å². The van der Waals surface area contributed by atoms with Gasteiger partial charge in [-0.05, 0) is 72.2 Å². The Morgan fingerprint density at radius 2 is 1.94 bits per heavy atom. The lowest BCUT2D eigenvalue weighted by Gasteiger charge is -2.51. The first-order valence-corrected chi connectivity index (χ1v) is 25.9. The first-order valence-electron chi connectivity index (χ1n) is 20.6. The molecule has 16 nitrogen and oxygen atoms in total. The SMILES string of the molecule is CCNC1COC(OC2C(OC3C#CC=CC#CC4(O)CC(=O)C(NC(=O)OC)=C3C4=CCSSSC)OC(C)C(SC)(C(=O)c3nccc4c3[nH]c3ccc(O)cc34)C2O)CC1OC. The molecule has 4 aliphatic rings. The number of rotatable bonds is 15. The lowest BCUT2D eigenvalue weighted by molar-refractivity contribution is -0.322. The lowest BCUT2D eigenvalue weighted by atomic mass is 9.75. The number of carbonyl (C=O) groups excluding carboxylic acids is 3. The molecule has 346 valence electrons. The molecular weight excluding hydrogens is 917 g/mol. The summed E-state index contributed by atoms with van der Waals surface area (Å²) in [6.45, 7) is 4.45. The predicted molar refractivity (Wildman–Crippen MR) is 252 cm³/mol. The number of aliphatic hydroxyl groups is 2. The number of phenols is 1. The second kappa shape index (κ2) is 21.3. The normalized spacial score (nSPS) is 30.7. The number of aromatic amines is 1. The molecule has 6 N–H and O–H groups in total. The lowest BCUT2D eigenvalue weighted by Crippen LogP contribution is -2.68. The number of pyridine rings is 1. The van der Waals surface area contributed by atoms with Crippen molar-refractivity contribution in [3.8, 4) is 29.4 Å². The van der Waals surface area contributed by atoms with Crippen molar-refractivity contribution in [3.05, 3.63) is 71.2 Å². The van der Waals surface area contributed by atoms with Gasteiger partial charge in [-0.3, -0.25) is 19.9 Å². The van der Waals surface area contributed by atoms with Crippen LogP contribution in [0.3, 0.4) is 0 Å². The highest BCUT2D eigenvalue weighted by atomic mass is 33.5. The maximum atomic E-state index is 15.3. The number of likely N-dealkylation sites (N-methyl/N-ethyl adjacent to an activating group) is 1. The molecule has 3 aromatic rings. The van der Waals surface area contributed by atoms with Crippen molar-refractivity contribution in [2.75, 3.05) is 45.6 Å². The van der Waals surface area contributed by atoms with Crippen molar-refractivity contribution < 1.29 is 58.1 Å². The number of hydrogen-bond acceptors (Lipinski definition) is 18. The smallest absolute Gasteiger partial charge is 0.411 e. The molecule has 2 fully saturated rings. The second-order valence-corrected chi connectivity index (χ2v) is 20.8. The Morgan fingerprint density at radius 3 is 2.68 bits per heavy atom. The molecule has 7 rings (SSSR count). The highest BCUT2D eigenvalue weighted by molar-refractivity contribution is 9.09. The van der Waals surface area contributed by atoms with Gasteiger partial charge in [0.1, 0.15) is 34.5 Å². The fourth-order valence-corrected chi connectivity index (χ4v) is 12.1. The third-order valence-electron chi connectivity index (χ3n) is 11.6. The summed E-state index contributed by atoms with van der Waals surface area (Å²) in [6, 6.07) is 6.39. The minimum absolute atomic E-state index is 0.00848. The van der Waals surface area contributed by atoms with E-state index in [-0.39, 0.29) is 53.5 Å². The van der Waals surface area contributed by atoms with Crippen LogP contribution in [-0.2, 0) is 33.2 Å². The number of alkyl carbamates (subject to hydrolysis) is 1. The number of carbonyl (C=O) groups is 3. The summed E-state index contributed by atoms with van der Waals surface area (Å²) in [4.78, 5) is 50.0. The Labute approximate surface area is 391 Å². The number of aliphatic hydroxyl groups excluding tert-OH is 1. The Kier molecular flexibility index (Phi) is 16.0. The molecule has 0 saturated carbocycles. The monoisotopic (exact) mass is 966 g/mol. The van der Waals surface area contributed by atoms with Crippen molar-refractivity contribution in [1.29, 1.82) is 0 Å². The molecule has 1 aromatic carbocycles. The Balaban J connectivity index is 1.35. The summed E-state index contributed by atoms with van der Waals surface area (Å²) in [5, 5.41) is 42.6. The number of aromatic nitrogens is 2. The van der Waals surface area contributed by atoms with Crippen LogP contribution in [0.15, 0.2) is 65.5 Å². The molecule has 1 amide bonds. The second-order valence-electron chi connectivity index (χ2n) is 15.3. The summed E-state index contributed by atoms with van der Waals surface area (Å²) < 4.78 is 35.4. The van der Waals surface area contributed by atoms with Crippen LogP contribution in [-0.4, -0.2) is 148 Å². The number of methoxy groups -OCH3 is 2. The molecule has 65 heavy (non-hydrogen) atoms. The Bertz CT molecular complexity index is 2530. The molecule has 0 radical (unpaired) electrons. The average Bonchev–Trinajstić information content (AvgIpc) is 3.67. The summed E-state index contributed by atoms with van der Waals surface area (Å²) in [5.41, 5.74) is -1.06. The van der Waals surface area contributed by atoms with Crippen LogP contribution in [0.25, 0.3) is 21.8 Å². The number of nitrogens with zero attached hydrogens (tertiary/aromatic N) is 1. The van der Waals surface area contributed by atoms with Gasteiger partial charge < -0.3 is 54.0 Å². The molecule has 2 saturated heterocycles. The molecular formula is C45H50N4O12S4. The minimum atomic E-state index is -2.04. The molecule has 2 aliphatic carbocycles. The van der Waals surface area contributed by atoms with Gasteiger partial charge in [-0.1, -0.05) is 58.3 Å². The van der Waals surface area contributed by atoms with E-state index in [2.05, 4.69) is 44.3 Å². The Hall–Kier alpha value is -4.00. The molecule has 20 heteroatoms. The van der Waals surface area contributed by atoms with Gasteiger partial charge in [0.2, 0.25) is 5.78 Å². The number of hydrogen-bond donors (Lipinski definition) is 6. The van der Waals surface area contributed by atoms with Crippen LogP contribution in [0.1, 0.15) is 37.2 Å². The standard InChI is InChI=1S/C45H50N4O12S4/c1-7-46-30-23-58-34(21-33(30)56-3)61-39-41(53)45(62-5,40(52)38-36-26(15-18-47-38)27-20-25(50)13-14-29(27)48-36)24(2)59-42(39)60-32-12-10-8-9-11-17-44(55)22-31(51)37(49-43(54)57-4)35(32)28(44)16-19-64-65-63-6/h8-9,13-16,18,20,24,30,32-34,39,41-42,46,48,50,53,55H,7,19,21-23H2,1-6H3,(H,49,54). The van der Waals surface area contributed by atoms with E-state index in [9.17, 15) is 24.9 Å². The van der Waals surface area contributed by atoms with Crippen LogP contribution in [0.5, 0.6) is 5.75 Å². The van der Waals surface area contributed by atoms with Gasteiger partial charge in [0.25, 0.3) is 0 Å². The fraction of sp³-hybridized carbons (Fsp3) is 0.467. The van der Waals surface area contributed by atoms with Crippen LogP contribution in [0.4, 0.5) is 4.79 Å². The quantitative estimate of drug-likeness (QED) is 0.0522. The van der Waals surface area contributed by atoms with Crippen molar-refractivity contribution in [2.45, 2.75) is 86.2 Å². The van der Waals surface area contributed by atoms with Crippen molar-refractivity contribution in [2.24, 2.45) is 0 Å². The van der Waals surface area contributed by atoms with Gasteiger partial charge in [-0.25, -0.2) is 4.79 Å². The number of fused-ring (bicyclic) bond motifs is 5. The van der Waals surface area contributed by atoms with E-state index in [1.54, 1.807) is 44.6 Å². The van der Waals surface area contributed by atoms with Crippen molar-refractivity contribution in [3.63, 3.8) is 0 Å². The summed E-state index contributed by atoms with van der Waals surface area (Å²) in [5.74, 6) is 10.6. The topological polar surface area (TPSA) is 220 Å². The van der Waals surface area contributed by atoms with Gasteiger partial charge in [0.05, 0.1) is 49.6 Å². The number of Topliss-reactive ketones (excluding diaryl/α,β-unsaturated/α-hetero) is 2. The number of ketones is 2. The van der Waals surface area contributed by atoms with Crippen LogP contribution in [0, 0.1) is 23.7 Å². The molecule has 10 atom stereocenters. The minimum Gasteiger partial charge on any atom is -0.508 e. The maximum Gasteiger partial charge on any atom is 0.411 e. The molecule has 2 aromatic heterocycles. The number of ether oxygens (including phenoxy) is 6. The zero-order valence-corrected chi connectivity index (χ0v) is 39.6. The van der Waals surface area contributed by atoms with Crippen molar-refractivity contribution in [1.82, 2.24) is 20.6 Å². The highest BCUT2D eigenvalue weighted by Gasteiger charge is 2.61. The van der Waals surface area contributed by atoms with Gasteiger partial charge in [0.15, 0.2) is 24.0 Å². The zero-order valence-electron chi connectivity index (χ0n) is 36.4.